The molecule has 0 saturated carbocycles. The molecule has 96 valence electrons. The highest BCUT2D eigenvalue weighted by Crippen LogP contribution is 2.20. The first-order chi connectivity index (χ1) is 7.98. The van der Waals surface area contributed by atoms with Gasteiger partial charge in [0.2, 0.25) is 0 Å². The van der Waals surface area contributed by atoms with Crippen molar-refractivity contribution in [2.24, 2.45) is 5.84 Å². The van der Waals surface area contributed by atoms with E-state index in [-0.39, 0.29) is 11.8 Å². The molecule has 1 atom stereocenters. The average molecular weight is 257 g/mol. The first-order valence-electron chi connectivity index (χ1n) is 5.54. The molecule has 5 nitrogen and oxygen atoms in total. The molecule has 0 fully saturated rings. The minimum Gasteiger partial charge on any atom is -0.271 e. The van der Waals surface area contributed by atoms with Gasteiger partial charge in [-0.3, -0.25) is 16.3 Å². The maximum atomic E-state index is 11.2. The number of sulfone groups is 1. The highest BCUT2D eigenvalue weighted by atomic mass is 32.2. The number of nitrogens with two attached hydrogens (primary N) is 1. The normalized spacial score (nSPS) is 13.6. The summed E-state index contributed by atoms with van der Waals surface area (Å²) in [5, 5.41) is 0. The molecule has 0 aromatic carbocycles. The van der Waals surface area contributed by atoms with Crippen LogP contribution in [0.15, 0.2) is 18.5 Å². The molecule has 0 radical (unpaired) electrons. The molecule has 0 bridgehead atoms. The molecular formula is C11H19N3O2S. The summed E-state index contributed by atoms with van der Waals surface area (Å²) in [6.45, 7) is 2.03. The van der Waals surface area contributed by atoms with Crippen LogP contribution >= 0.6 is 0 Å². The third-order valence-electron chi connectivity index (χ3n) is 2.68. The Morgan fingerprint density at radius 1 is 1.53 bits per heavy atom. The Labute approximate surface area is 102 Å². The van der Waals surface area contributed by atoms with Crippen molar-refractivity contribution in [2.75, 3.05) is 12.0 Å². The van der Waals surface area contributed by atoms with E-state index < -0.39 is 9.84 Å². The minimum atomic E-state index is -2.97. The summed E-state index contributed by atoms with van der Waals surface area (Å²) in [6.07, 6.45) is 6.03. The SMILES string of the molecule is CCc1cnccc1C(CCS(C)(=O)=O)NN. The first-order valence-corrected chi connectivity index (χ1v) is 7.60. The lowest BCUT2D eigenvalue weighted by atomic mass is 10.00. The molecule has 0 aliphatic heterocycles. The number of hydrogen-bond donors (Lipinski definition) is 2. The number of aryl methyl sites for hydroxylation is 1. The molecule has 0 aliphatic carbocycles. The molecule has 0 saturated heterocycles. The van der Waals surface area contributed by atoms with Gasteiger partial charge in [0.1, 0.15) is 9.84 Å². The zero-order valence-electron chi connectivity index (χ0n) is 10.2. The van der Waals surface area contributed by atoms with Crippen LogP contribution in [0.5, 0.6) is 0 Å². The Bertz CT molecular complexity index is 460. The van der Waals surface area contributed by atoms with E-state index >= 15 is 0 Å². The second-order valence-electron chi connectivity index (χ2n) is 4.07. The number of nitrogens with one attached hydrogen (secondary N) is 1. The minimum absolute atomic E-state index is 0.118. The lowest BCUT2D eigenvalue weighted by Gasteiger charge is -2.18. The van der Waals surface area contributed by atoms with Crippen molar-refractivity contribution in [3.63, 3.8) is 0 Å². The van der Waals surface area contributed by atoms with E-state index in [9.17, 15) is 8.42 Å². The van der Waals surface area contributed by atoms with Crippen molar-refractivity contribution in [2.45, 2.75) is 25.8 Å². The third-order valence-corrected chi connectivity index (χ3v) is 3.65. The topological polar surface area (TPSA) is 85.1 Å². The Balaban J connectivity index is 2.86. The Morgan fingerprint density at radius 2 is 2.24 bits per heavy atom. The van der Waals surface area contributed by atoms with Crippen molar-refractivity contribution in [3.05, 3.63) is 29.6 Å². The van der Waals surface area contributed by atoms with E-state index in [1.165, 1.54) is 6.26 Å². The maximum absolute atomic E-state index is 11.2. The van der Waals surface area contributed by atoms with E-state index in [1.54, 1.807) is 12.4 Å². The summed E-state index contributed by atoms with van der Waals surface area (Å²) in [4.78, 5) is 4.05. The summed E-state index contributed by atoms with van der Waals surface area (Å²) in [6, 6.07) is 1.73. The van der Waals surface area contributed by atoms with Crippen LogP contribution in [-0.2, 0) is 16.3 Å². The summed E-state index contributed by atoms with van der Waals surface area (Å²) in [5.41, 5.74) is 4.78. The number of hydrogen-bond acceptors (Lipinski definition) is 5. The first kappa shape index (κ1) is 14.1. The molecule has 0 spiro atoms. The van der Waals surface area contributed by atoms with Gasteiger partial charge in [0.05, 0.1) is 5.75 Å². The fourth-order valence-electron chi connectivity index (χ4n) is 1.73. The molecule has 0 amide bonds. The number of hydrazine groups is 1. The molecule has 6 heteroatoms. The fraction of sp³-hybridized carbons (Fsp3) is 0.545. The van der Waals surface area contributed by atoms with Crippen molar-refractivity contribution in [1.82, 2.24) is 10.4 Å². The second-order valence-corrected chi connectivity index (χ2v) is 6.33. The lowest BCUT2D eigenvalue weighted by molar-refractivity contribution is 0.527. The van der Waals surface area contributed by atoms with E-state index in [4.69, 9.17) is 5.84 Å². The molecule has 1 unspecified atom stereocenters. The van der Waals surface area contributed by atoms with Gasteiger partial charge in [-0.05, 0) is 30.0 Å². The van der Waals surface area contributed by atoms with Crippen LogP contribution in [-0.4, -0.2) is 25.4 Å². The van der Waals surface area contributed by atoms with Crippen LogP contribution < -0.4 is 11.3 Å². The quantitative estimate of drug-likeness (QED) is 0.575. The number of rotatable bonds is 6. The van der Waals surface area contributed by atoms with Crippen molar-refractivity contribution in [1.29, 1.82) is 0 Å². The van der Waals surface area contributed by atoms with Gasteiger partial charge in [-0.25, -0.2) is 8.42 Å². The summed E-state index contributed by atoms with van der Waals surface area (Å²) in [5.74, 6) is 5.61. The smallest absolute Gasteiger partial charge is 0.147 e. The van der Waals surface area contributed by atoms with Crippen molar-refractivity contribution in [3.8, 4) is 0 Å². The van der Waals surface area contributed by atoms with Crippen LogP contribution in [0, 0.1) is 0 Å². The largest absolute Gasteiger partial charge is 0.271 e. The maximum Gasteiger partial charge on any atom is 0.147 e. The standard InChI is InChI=1S/C11H19N3O2S/c1-3-9-8-13-6-4-10(9)11(14-12)5-7-17(2,15)16/h4,6,8,11,14H,3,5,7,12H2,1-2H3. The van der Waals surface area contributed by atoms with Gasteiger partial charge < -0.3 is 0 Å². The van der Waals surface area contributed by atoms with Crippen molar-refractivity contribution < 1.29 is 8.42 Å². The Kier molecular flexibility index (Phi) is 5.04. The van der Waals surface area contributed by atoms with E-state index in [2.05, 4.69) is 10.4 Å². The zero-order valence-corrected chi connectivity index (χ0v) is 11.0. The molecule has 17 heavy (non-hydrogen) atoms. The summed E-state index contributed by atoms with van der Waals surface area (Å²) >= 11 is 0. The van der Waals surface area contributed by atoms with E-state index in [0.717, 1.165) is 17.5 Å². The molecule has 1 aromatic rings. The van der Waals surface area contributed by atoms with Crippen molar-refractivity contribution >= 4 is 9.84 Å². The van der Waals surface area contributed by atoms with E-state index in [0.29, 0.717) is 6.42 Å². The van der Waals surface area contributed by atoms with Crippen LogP contribution in [0.4, 0.5) is 0 Å². The van der Waals surface area contributed by atoms with Gasteiger partial charge >= 0.3 is 0 Å². The average Bonchev–Trinajstić information content (AvgIpc) is 2.29. The lowest BCUT2D eigenvalue weighted by Crippen LogP contribution is -2.30. The Morgan fingerprint density at radius 3 is 2.76 bits per heavy atom. The monoisotopic (exact) mass is 257 g/mol. The highest BCUT2D eigenvalue weighted by molar-refractivity contribution is 7.90. The van der Waals surface area contributed by atoms with Crippen LogP contribution in [0.1, 0.15) is 30.5 Å². The van der Waals surface area contributed by atoms with Crippen LogP contribution in [0.2, 0.25) is 0 Å². The van der Waals surface area contributed by atoms with Gasteiger partial charge in [-0.1, -0.05) is 6.92 Å². The fourth-order valence-corrected chi connectivity index (χ4v) is 2.40. The molecule has 1 aromatic heterocycles. The van der Waals surface area contributed by atoms with Crippen LogP contribution in [0.3, 0.4) is 0 Å². The molecule has 1 rings (SSSR count). The van der Waals surface area contributed by atoms with Crippen LogP contribution in [0.25, 0.3) is 0 Å². The highest BCUT2D eigenvalue weighted by Gasteiger charge is 2.15. The van der Waals surface area contributed by atoms with Gasteiger partial charge in [0.25, 0.3) is 0 Å². The number of nitrogens with zero attached hydrogens (tertiary/aromatic N) is 1. The second kappa shape index (κ2) is 6.09. The van der Waals surface area contributed by atoms with Gasteiger partial charge in [-0.15, -0.1) is 0 Å². The Hall–Kier alpha value is -0.980. The zero-order chi connectivity index (χ0) is 12.9. The van der Waals surface area contributed by atoms with Gasteiger partial charge in [0.15, 0.2) is 0 Å². The molecular weight excluding hydrogens is 238 g/mol. The number of aromatic nitrogens is 1. The molecule has 3 N–H and O–H groups in total. The molecule has 1 heterocycles. The summed E-state index contributed by atoms with van der Waals surface area (Å²) < 4.78 is 22.3. The number of pyridine rings is 1. The predicted molar refractivity (Wildman–Crippen MR) is 68.0 cm³/mol. The molecule has 0 aliphatic rings. The van der Waals surface area contributed by atoms with Gasteiger partial charge in [-0.2, -0.15) is 0 Å². The predicted octanol–water partition coefficient (Wildman–Crippen LogP) is 0.583. The third kappa shape index (κ3) is 4.41. The van der Waals surface area contributed by atoms with Gasteiger partial charge in [0, 0.05) is 24.7 Å². The summed E-state index contributed by atoms with van der Waals surface area (Å²) in [7, 11) is -2.97. The van der Waals surface area contributed by atoms with E-state index in [1.807, 2.05) is 13.0 Å².